The zero-order chi connectivity index (χ0) is 27.5. The zero-order valence-electron chi connectivity index (χ0n) is 21.8. The van der Waals surface area contributed by atoms with E-state index >= 15 is 0 Å². The van der Waals surface area contributed by atoms with Crippen LogP contribution in [0.15, 0.2) is 103 Å². The van der Waals surface area contributed by atoms with Crippen LogP contribution in [-0.4, -0.2) is 32.5 Å². The number of nitrogens with one attached hydrogen (secondary N) is 1. The third-order valence-corrected chi connectivity index (χ3v) is 7.08. The molecule has 0 aliphatic rings. The number of halogens is 1. The van der Waals surface area contributed by atoms with Gasteiger partial charge in [0.05, 0.1) is 35.2 Å². The Hall–Kier alpha value is -4.75. The van der Waals surface area contributed by atoms with Crippen molar-refractivity contribution in [1.29, 1.82) is 0 Å². The van der Waals surface area contributed by atoms with E-state index in [1.807, 2.05) is 66.7 Å². The maximum atomic E-state index is 13.7. The summed E-state index contributed by atoms with van der Waals surface area (Å²) in [5.41, 5.74) is 5.72. The molecule has 6 aromatic rings. The summed E-state index contributed by atoms with van der Waals surface area (Å²) in [5, 5.41) is 3.92. The summed E-state index contributed by atoms with van der Waals surface area (Å²) < 4.78 is 7.65. The van der Waals surface area contributed by atoms with Gasteiger partial charge in [0, 0.05) is 35.6 Å². The normalized spacial score (nSPS) is 11.9. The molecule has 2 aromatic heterocycles. The Bertz CT molecular complexity index is 1820. The molecule has 8 heteroatoms. The van der Waals surface area contributed by atoms with Gasteiger partial charge in [-0.05, 0) is 60.0 Å². The molecule has 0 aliphatic heterocycles. The molecule has 6 rings (SSSR count). The average molecular weight is 548 g/mol. The molecule has 0 bridgehead atoms. The summed E-state index contributed by atoms with van der Waals surface area (Å²) in [6.07, 6.45) is 3.81. The molecule has 0 saturated carbocycles. The molecule has 1 amide bonds. The average Bonchev–Trinajstić information content (AvgIpc) is 3.34. The van der Waals surface area contributed by atoms with Crippen LogP contribution in [0.2, 0.25) is 5.02 Å². The first-order chi connectivity index (χ1) is 19.6. The number of carbonyl (C=O) groups excluding carboxylic acids is 1. The fourth-order valence-corrected chi connectivity index (χ4v) is 5.11. The fraction of sp³-hybridized carbons (Fsp3) is 0.125. The van der Waals surface area contributed by atoms with E-state index in [4.69, 9.17) is 21.3 Å². The minimum atomic E-state index is -0.426. The van der Waals surface area contributed by atoms with Crippen molar-refractivity contribution in [2.75, 3.05) is 7.11 Å². The predicted octanol–water partition coefficient (Wildman–Crippen LogP) is 6.40. The van der Waals surface area contributed by atoms with Crippen molar-refractivity contribution in [3.63, 3.8) is 0 Å². The van der Waals surface area contributed by atoms with E-state index in [1.165, 1.54) is 0 Å². The second kappa shape index (κ2) is 11.2. The SMILES string of the molecule is COc1ccc2nc(C(Cc3ccccc3)NC(=O)c3ccc4nccnc4c3)n(Cc3cccc(Cl)c3)c2c1. The van der Waals surface area contributed by atoms with E-state index in [0.717, 1.165) is 39.3 Å². The molecule has 1 N–H and O–H groups in total. The lowest BCUT2D eigenvalue weighted by atomic mass is 10.0. The van der Waals surface area contributed by atoms with Gasteiger partial charge in [0.15, 0.2) is 0 Å². The van der Waals surface area contributed by atoms with E-state index in [2.05, 4.69) is 32.0 Å². The highest BCUT2D eigenvalue weighted by Gasteiger charge is 2.24. The summed E-state index contributed by atoms with van der Waals surface area (Å²) in [5.74, 6) is 1.25. The fourth-order valence-electron chi connectivity index (χ4n) is 4.90. The summed E-state index contributed by atoms with van der Waals surface area (Å²) in [6, 6.07) is 28.6. The van der Waals surface area contributed by atoms with E-state index in [0.29, 0.717) is 29.1 Å². The van der Waals surface area contributed by atoms with Crippen molar-refractivity contribution < 1.29 is 9.53 Å². The topological polar surface area (TPSA) is 81.9 Å². The Morgan fingerprint density at radius 2 is 1.65 bits per heavy atom. The van der Waals surface area contributed by atoms with Crippen LogP contribution in [0.3, 0.4) is 0 Å². The maximum Gasteiger partial charge on any atom is 0.251 e. The molecule has 198 valence electrons. The molecule has 0 aliphatic carbocycles. The van der Waals surface area contributed by atoms with Crippen molar-refractivity contribution in [3.05, 3.63) is 131 Å². The molecule has 2 heterocycles. The first-order valence-electron chi connectivity index (χ1n) is 12.9. The number of ether oxygens (including phenoxy) is 1. The van der Waals surface area contributed by atoms with Crippen LogP contribution in [0.1, 0.15) is 33.4 Å². The number of nitrogens with zero attached hydrogens (tertiary/aromatic N) is 4. The molecule has 7 nitrogen and oxygen atoms in total. The second-order valence-corrected chi connectivity index (χ2v) is 9.95. The van der Waals surface area contributed by atoms with Crippen molar-refractivity contribution in [1.82, 2.24) is 24.8 Å². The number of hydrogen-bond acceptors (Lipinski definition) is 5. The second-order valence-electron chi connectivity index (χ2n) is 9.52. The van der Waals surface area contributed by atoms with Crippen LogP contribution in [-0.2, 0) is 13.0 Å². The standard InChI is InChI=1S/C32H26ClN5O2/c1-40-25-11-13-27-30(19-25)38(20-22-8-5-9-24(33)16-22)31(36-27)29(17-21-6-3-2-4-7-21)37-32(39)23-10-12-26-28(18-23)35-15-14-34-26/h2-16,18-19,29H,17,20H2,1H3,(H,37,39). The smallest absolute Gasteiger partial charge is 0.251 e. The van der Waals surface area contributed by atoms with Gasteiger partial charge < -0.3 is 14.6 Å². The van der Waals surface area contributed by atoms with Gasteiger partial charge in [0.25, 0.3) is 5.91 Å². The number of aromatic nitrogens is 4. The molecule has 40 heavy (non-hydrogen) atoms. The monoisotopic (exact) mass is 547 g/mol. The Morgan fingerprint density at radius 1 is 0.875 bits per heavy atom. The minimum absolute atomic E-state index is 0.215. The molecular formula is C32H26ClN5O2. The molecule has 4 aromatic carbocycles. The number of hydrogen-bond donors (Lipinski definition) is 1. The zero-order valence-corrected chi connectivity index (χ0v) is 22.5. The van der Waals surface area contributed by atoms with Gasteiger partial charge in [0.2, 0.25) is 0 Å². The number of carbonyl (C=O) groups is 1. The first kappa shape index (κ1) is 25.5. The molecule has 0 spiro atoms. The quantitative estimate of drug-likeness (QED) is 0.238. The van der Waals surface area contributed by atoms with Gasteiger partial charge in [-0.25, -0.2) is 4.98 Å². The number of benzene rings is 4. The Labute approximate surface area is 236 Å². The van der Waals surface area contributed by atoms with Crippen LogP contribution < -0.4 is 10.1 Å². The van der Waals surface area contributed by atoms with E-state index < -0.39 is 6.04 Å². The lowest BCUT2D eigenvalue weighted by molar-refractivity contribution is 0.0934. The van der Waals surface area contributed by atoms with Crippen LogP contribution in [0.25, 0.3) is 22.1 Å². The summed E-state index contributed by atoms with van der Waals surface area (Å²) in [6.45, 7) is 0.520. The highest BCUT2D eigenvalue weighted by molar-refractivity contribution is 6.30. The highest BCUT2D eigenvalue weighted by Crippen LogP contribution is 2.28. The third-order valence-electron chi connectivity index (χ3n) is 6.85. The Kier molecular flexibility index (Phi) is 7.12. The van der Waals surface area contributed by atoms with Gasteiger partial charge in [-0.1, -0.05) is 54.1 Å². The van der Waals surface area contributed by atoms with Crippen molar-refractivity contribution >= 4 is 39.6 Å². The number of methoxy groups -OCH3 is 1. The summed E-state index contributed by atoms with van der Waals surface area (Å²) in [4.78, 5) is 27.4. The van der Waals surface area contributed by atoms with Crippen LogP contribution >= 0.6 is 11.6 Å². The number of imidazole rings is 1. The van der Waals surface area contributed by atoms with Crippen molar-refractivity contribution in [2.45, 2.75) is 19.0 Å². The third kappa shape index (κ3) is 5.37. The first-order valence-corrected chi connectivity index (χ1v) is 13.3. The van der Waals surface area contributed by atoms with Crippen LogP contribution in [0.4, 0.5) is 0 Å². The van der Waals surface area contributed by atoms with Gasteiger partial charge in [-0.3, -0.25) is 14.8 Å². The van der Waals surface area contributed by atoms with Crippen molar-refractivity contribution in [2.24, 2.45) is 0 Å². The van der Waals surface area contributed by atoms with Crippen molar-refractivity contribution in [3.8, 4) is 5.75 Å². The summed E-state index contributed by atoms with van der Waals surface area (Å²) >= 11 is 6.33. The molecule has 0 radical (unpaired) electrons. The molecule has 1 atom stereocenters. The van der Waals surface area contributed by atoms with Gasteiger partial charge in [-0.2, -0.15) is 0 Å². The number of fused-ring (bicyclic) bond motifs is 2. The van der Waals surface area contributed by atoms with E-state index in [1.54, 1.807) is 31.6 Å². The minimum Gasteiger partial charge on any atom is -0.497 e. The predicted molar refractivity (Wildman–Crippen MR) is 157 cm³/mol. The van der Waals surface area contributed by atoms with Gasteiger partial charge in [0.1, 0.15) is 11.6 Å². The lowest BCUT2D eigenvalue weighted by Gasteiger charge is -2.21. The maximum absolute atomic E-state index is 13.7. The molecular weight excluding hydrogens is 522 g/mol. The molecule has 1 unspecified atom stereocenters. The highest BCUT2D eigenvalue weighted by atomic mass is 35.5. The van der Waals surface area contributed by atoms with Crippen LogP contribution in [0.5, 0.6) is 5.75 Å². The largest absolute Gasteiger partial charge is 0.497 e. The Balaban J connectivity index is 1.45. The summed E-state index contributed by atoms with van der Waals surface area (Å²) in [7, 11) is 1.64. The van der Waals surface area contributed by atoms with Crippen LogP contribution in [0, 0.1) is 0 Å². The Morgan fingerprint density at radius 3 is 2.45 bits per heavy atom. The lowest BCUT2D eigenvalue weighted by Crippen LogP contribution is -2.32. The molecule has 0 saturated heterocycles. The van der Waals surface area contributed by atoms with E-state index in [9.17, 15) is 4.79 Å². The number of rotatable bonds is 8. The molecule has 0 fully saturated rings. The number of amides is 1. The van der Waals surface area contributed by atoms with Gasteiger partial charge in [-0.15, -0.1) is 0 Å². The van der Waals surface area contributed by atoms with E-state index in [-0.39, 0.29) is 5.91 Å². The van der Waals surface area contributed by atoms with Gasteiger partial charge >= 0.3 is 0 Å².